The Morgan fingerprint density at radius 2 is 2.36 bits per heavy atom. The number of hydrogen-bond donors (Lipinski definition) is 2. The zero-order valence-corrected chi connectivity index (χ0v) is 13.5. The van der Waals surface area contributed by atoms with Gasteiger partial charge in [-0.15, -0.1) is 11.3 Å². The molecular weight excluding hydrogens is 306 g/mol. The average molecular weight is 327 g/mol. The lowest BCUT2D eigenvalue weighted by Gasteiger charge is -2.31. The van der Waals surface area contributed by atoms with E-state index in [2.05, 4.69) is 10.3 Å². The summed E-state index contributed by atoms with van der Waals surface area (Å²) in [5.41, 5.74) is 5.48. The maximum atomic E-state index is 12.3. The van der Waals surface area contributed by atoms with Crippen molar-refractivity contribution in [2.24, 2.45) is 5.73 Å². The number of ether oxygens (including phenoxy) is 2. The molecule has 0 bridgehead atoms. The molecule has 0 unspecified atom stereocenters. The van der Waals surface area contributed by atoms with Crippen LogP contribution in [0.3, 0.4) is 0 Å². The summed E-state index contributed by atoms with van der Waals surface area (Å²) >= 11 is 1.47. The van der Waals surface area contributed by atoms with Crippen molar-refractivity contribution in [2.75, 3.05) is 19.8 Å². The molecule has 1 aliphatic rings. The molecule has 0 aliphatic carbocycles. The van der Waals surface area contributed by atoms with Crippen LogP contribution in [0.2, 0.25) is 0 Å². The number of carbonyl (C=O) groups is 2. The molecule has 2 heterocycles. The van der Waals surface area contributed by atoms with Crippen molar-refractivity contribution in [3.05, 3.63) is 16.1 Å². The van der Waals surface area contributed by atoms with Crippen LogP contribution in [-0.2, 0) is 14.3 Å². The molecule has 0 radical (unpaired) electrons. The molecule has 22 heavy (non-hydrogen) atoms. The van der Waals surface area contributed by atoms with Gasteiger partial charge in [0.25, 0.3) is 5.91 Å². The molecule has 2 rings (SSSR count). The van der Waals surface area contributed by atoms with Crippen molar-refractivity contribution in [3.63, 3.8) is 0 Å². The number of carbonyl (C=O) groups excluding carboxylic acids is 2. The van der Waals surface area contributed by atoms with E-state index in [9.17, 15) is 9.59 Å². The van der Waals surface area contributed by atoms with Gasteiger partial charge in [-0.1, -0.05) is 13.8 Å². The Hall–Kier alpha value is -1.51. The van der Waals surface area contributed by atoms with Crippen LogP contribution in [0.25, 0.3) is 0 Å². The summed E-state index contributed by atoms with van der Waals surface area (Å²) in [6.45, 7) is 4.78. The van der Waals surface area contributed by atoms with E-state index in [4.69, 9.17) is 15.2 Å². The van der Waals surface area contributed by atoms with Crippen molar-refractivity contribution in [1.29, 1.82) is 0 Å². The number of rotatable bonds is 6. The highest BCUT2D eigenvalue weighted by Gasteiger charge is 2.29. The first-order valence-corrected chi connectivity index (χ1v) is 8.09. The lowest BCUT2D eigenvalue weighted by molar-refractivity contribution is -0.128. The fourth-order valence-electron chi connectivity index (χ4n) is 2.14. The number of nitrogens with two attached hydrogens (primary N) is 1. The molecule has 2 atom stereocenters. The van der Waals surface area contributed by atoms with Crippen LogP contribution >= 0.6 is 11.3 Å². The molecule has 1 aliphatic heterocycles. The smallest absolute Gasteiger partial charge is 0.271 e. The van der Waals surface area contributed by atoms with E-state index in [1.807, 2.05) is 13.8 Å². The molecule has 0 aromatic carbocycles. The molecule has 8 heteroatoms. The van der Waals surface area contributed by atoms with Crippen molar-refractivity contribution < 1.29 is 19.1 Å². The van der Waals surface area contributed by atoms with Crippen LogP contribution in [0.15, 0.2) is 5.38 Å². The summed E-state index contributed by atoms with van der Waals surface area (Å²) in [6, 6.07) is -0.315. The second kappa shape index (κ2) is 7.66. The predicted octanol–water partition coefficient (Wildman–Crippen LogP) is 0.656. The number of amides is 2. The molecular formula is C14H21N3O4S. The third kappa shape index (κ3) is 4.49. The van der Waals surface area contributed by atoms with Crippen molar-refractivity contribution in [2.45, 2.75) is 38.3 Å². The van der Waals surface area contributed by atoms with Crippen molar-refractivity contribution in [1.82, 2.24) is 10.3 Å². The minimum atomic E-state index is -0.530. The minimum absolute atomic E-state index is 0.161. The number of hydrogen-bond acceptors (Lipinski definition) is 6. The summed E-state index contributed by atoms with van der Waals surface area (Å²) in [4.78, 5) is 27.4. The molecule has 0 spiro atoms. The predicted molar refractivity (Wildman–Crippen MR) is 81.8 cm³/mol. The zero-order chi connectivity index (χ0) is 16.1. The monoisotopic (exact) mass is 327 g/mol. The molecule has 1 saturated heterocycles. The van der Waals surface area contributed by atoms with Crippen LogP contribution in [0.5, 0.6) is 0 Å². The van der Waals surface area contributed by atoms with Crippen LogP contribution in [0.4, 0.5) is 0 Å². The molecule has 122 valence electrons. The van der Waals surface area contributed by atoms with Gasteiger partial charge in [-0.25, -0.2) is 4.98 Å². The highest BCUT2D eigenvalue weighted by molar-refractivity contribution is 7.09. The van der Waals surface area contributed by atoms with Crippen LogP contribution < -0.4 is 11.1 Å². The minimum Gasteiger partial charge on any atom is -0.379 e. The molecule has 1 aromatic heterocycles. The van der Waals surface area contributed by atoms with Crippen molar-refractivity contribution >= 4 is 23.2 Å². The van der Waals surface area contributed by atoms with E-state index in [1.165, 1.54) is 11.3 Å². The van der Waals surface area contributed by atoms with Crippen molar-refractivity contribution in [3.8, 4) is 0 Å². The van der Waals surface area contributed by atoms with Gasteiger partial charge in [0.15, 0.2) is 0 Å². The lowest BCUT2D eigenvalue weighted by Crippen LogP contribution is -2.51. The van der Waals surface area contributed by atoms with Crippen LogP contribution in [0.1, 0.15) is 41.7 Å². The summed E-state index contributed by atoms with van der Waals surface area (Å²) in [6.07, 6.45) is 0.320. The maximum absolute atomic E-state index is 12.3. The van der Waals surface area contributed by atoms with E-state index in [0.717, 1.165) is 5.01 Å². The van der Waals surface area contributed by atoms with Gasteiger partial charge in [-0.05, 0) is 6.42 Å². The van der Waals surface area contributed by atoms with Gasteiger partial charge in [0, 0.05) is 17.9 Å². The lowest BCUT2D eigenvalue weighted by atomic mass is 10.1. The zero-order valence-electron chi connectivity index (χ0n) is 12.7. The first-order valence-electron chi connectivity index (χ1n) is 7.21. The standard InChI is InChI=1S/C14H21N3O4S/c1-8(2)14-17-10(7-22-14)13(19)16-9-5-20-4-3-11(9)21-6-12(15)18/h7-9,11H,3-6H2,1-2H3,(H2,15,18)(H,16,19)/t9-,11+/m1/s1. The van der Waals surface area contributed by atoms with E-state index in [0.29, 0.717) is 25.3 Å². The first-order chi connectivity index (χ1) is 10.5. The summed E-state index contributed by atoms with van der Waals surface area (Å²) in [7, 11) is 0. The Morgan fingerprint density at radius 1 is 1.59 bits per heavy atom. The van der Waals surface area contributed by atoms with Gasteiger partial charge < -0.3 is 20.5 Å². The van der Waals surface area contributed by atoms with Gasteiger partial charge in [0.1, 0.15) is 12.3 Å². The van der Waals surface area contributed by atoms with Gasteiger partial charge in [0.2, 0.25) is 5.91 Å². The molecule has 3 N–H and O–H groups in total. The summed E-state index contributed by atoms with van der Waals surface area (Å²) in [5.74, 6) is -0.500. The largest absolute Gasteiger partial charge is 0.379 e. The van der Waals surface area contributed by atoms with E-state index < -0.39 is 5.91 Å². The average Bonchev–Trinajstić information content (AvgIpc) is 2.96. The summed E-state index contributed by atoms with van der Waals surface area (Å²) in [5, 5.41) is 5.53. The van der Waals surface area contributed by atoms with E-state index in [1.54, 1.807) is 5.38 Å². The van der Waals surface area contributed by atoms with Gasteiger partial charge in [-0.3, -0.25) is 9.59 Å². The number of thiazole rings is 1. The number of primary amides is 1. The Kier molecular flexibility index (Phi) is 5.87. The highest BCUT2D eigenvalue weighted by Crippen LogP contribution is 2.19. The normalized spacial score (nSPS) is 21.8. The van der Waals surface area contributed by atoms with Crippen LogP contribution in [0, 0.1) is 0 Å². The maximum Gasteiger partial charge on any atom is 0.271 e. The fourth-order valence-corrected chi connectivity index (χ4v) is 2.96. The second-order valence-electron chi connectivity index (χ2n) is 5.48. The fraction of sp³-hybridized carbons (Fsp3) is 0.643. The summed E-state index contributed by atoms with van der Waals surface area (Å²) < 4.78 is 10.8. The Morgan fingerprint density at radius 3 is 3.00 bits per heavy atom. The molecule has 1 aromatic rings. The third-order valence-corrected chi connectivity index (χ3v) is 4.44. The molecule has 0 saturated carbocycles. The number of aromatic nitrogens is 1. The molecule has 2 amide bonds. The quantitative estimate of drug-likeness (QED) is 0.798. The number of nitrogens with zero attached hydrogens (tertiary/aromatic N) is 1. The van der Waals surface area contributed by atoms with E-state index >= 15 is 0 Å². The highest BCUT2D eigenvalue weighted by atomic mass is 32.1. The first kappa shape index (κ1) is 16.9. The Bertz CT molecular complexity index is 532. The third-order valence-electron chi connectivity index (χ3n) is 3.30. The molecule has 1 fully saturated rings. The van der Waals surface area contributed by atoms with Gasteiger partial charge in [0.05, 0.1) is 23.8 Å². The second-order valence-corrected chi connectivity index (χ2v) is 6.37. The SMILES string of the molecule is CC(C)c1nc(C(=O)N[C@@H]2COCC[C@@H]2OCC(N)=O)cs1. The van der Waals surface area contributed by atoms with E-state index in [-0.39, 0.29) is 30.6 Å². The number of nitrogens with one attached hydrogen (secondary N) is 1. The Labute approximate surface area is 133 Å². The molecule has 7 nitrogen and oxygen atoms in total. The van der Waals surface area contributed by atoms with Crippen LogP contribution in [-0.4, -0.2) is 48.8 Å². The van der Waals surface area contributed by atoms with Gasteiger partial charge in [-0.2, -0.15) is 0 Å². The van der Waals surface area contributed by atoms with Gasteiger partial charge >= 0.3 is 0 Å². The topological polar surface area (TPSA) is 104 Å². The Balaban J connectivity index is 1.96.